The van der Waals surface area contributed by atoms with Crippen LogP contribution in [0.5, 0.6) is 0 Å². The third kappa shape index (κ3) is 1.84. The number of fused-ring (bicyclic) bond motifs is 1. The fourth-order valence-corrected chi connectivity index (χ4v) is 1.59. The number of aliphatic carboxylic acids is 1. The highest BCUT2D eigenvalue weighted by molar-refractivity contribution is 5.74. The van der Waals surface area contributed by atoms with Crippen LogP contribution < -0.4 is 5.76 Å². The van der Waals surface area contributed by atoms with Crippen molar-refractivity contribution in [3.8, 4) is 0 Å². The minimum atomic E-state index is -0.838. The van der Waals surface area contributed by atoms with Gasteiger partial charge in [0.1, 0.15) is 0 Å². The Bertz CT molecular complexity index is 594. The first-order chi connectivity index (χ1) is 7.58. The fourth-order valence-electron chi connectivity index (χ4n) is 1.59. The first kappa shape index (κ1) is 10.5. The van der Waals surface area contributed by atoms with Gasteiger partial charge in [-0.25, -0.2) is 4.79 Å². The first-order valence-corrected chi connectivity index (χ1v) is 4.88. The van der Waals surface area contributed by atoms with Crippen LogP contribution >= 0.6 is 0 Å². The molecule has 16 heavy (non-hydrogen) atoms. The lowest BCUT2D eigenvalue weighted by Crippen LogP contribution is -2.08. The van der Waals surface area contributed by atoms with Crippen LogP contribution in [0.4, 0.5) is 0 Å². The van der Waals surface area contributed by atoms with Gasteiger partial charge in [0.05, 0.1) is 5.52 Å². The summed E-state index contributed by atoms with van der Waals surface area (Å²) in [6.07, 6.45) is 0.506. The van der Waals surface area contributed by atoms with Gasteiger partial charge >= 0.3 is 11.7 Å². The molecule has 5 nitrogen and oxygen atoms in total. The van der Waals surface area contributed by atoms with Crippen LogP contribution in [-0.2, 0) is 18.3 Å². The summed E-state index contributed by atoms with van der Waals surface area (Å²) < 4.78 is 6.42. The summed E-state index contributed by atoms with van der Waals surface area (Å²) >= 11 is 0. The second-order valence-corrected chi connectivity index (χ2v) is 3.62. The molecule has 0 bridgehead atoms. The number of carbonyl (C=O) groups is 1. The van der Waals surface area contributed by atoms with E-state index in [1.54, 1.807) is 25.2 Å². The minimum Gasteiger partial charge on any atom is -0.481 e. The highest BCUT2D eigenvalue weighted by Crippen LogP contribution is 2.15. The van der Waals surface area contributed by atoms with Gasteiger partial charge in [-0.05, 0) is 24.1 Å². The van der Waals surface area contributed by atoms with Gasteiger partial charge < -0.3 is 9.52 Å². The quantitative estimate of drug-likeness (QED) is 0.843. The van der Waals surface area contributed by atoms with Crippen molar-refractivity contribution in [3.05, 3.63) is 34.3 Å². The van der Waals surface area contributed by atoms with Crippen molar-refractivity contribution in [3.63, 3.8) is 0 Å². The zero-order valence-corrected chi connectivity index (χ0v) is 8.77. The van der Waals surface area contributed by atoms with Gasteiger partial charge in [-0.3, -0.25) is 9.36 Å². The van der Waals surface area contributed by atoms with Crippen molar-refractivity contribution in [2.75, 3.05) is 0 Å². The summed E-state index contributed by atoms with van der Waals surface area (Å²) in [4.78, 5) is 21.6. The van der Waals surface area contributed by atoms with Gasteiger partial charge in [0.15, 0.2) is 5.58 Å². The Morgan fingerprint density at radius 3 is 2.94 bits per heavy atom. The van der Waals surface area contributed by atoms with Crippen LogP contribution in [0.3, 0.4) is 0 Å². The molecule has 0 spiro atoms. The smallest absolute Gasteiger partial charge is 0.419 e. The third-order valence-electron chi connectivity index (χ3n) is 2.48. The largest absolute Gasteiger partial charge is 0.481 e. The van der Waals surface area contributed by atoms with Crippen molar-refractivity contribution >= 4 is 17.1 Å². The topological polar surface area (TPSA) is 72.4 Å². The van der Waals surface area contributed by atoms with Gasteiger partial charge in [-0.1, -0.05) is 6.07 Å². The second kappa shape index (κ2) is 3.84. The molecule has 1 heterocycles. The Morgan fingerprint density at radius 2 is 2.25 bits per heavy atom. The Balaban J connectivity index is 2.37. The number of carboxylic acid groups (broad SMARTS) is 1. The molecule has 0 aliphatic rings. The summed E-state index contributed by atoms with van der Waals surface area (Å²) in [5.74, 6) is -1.25. The number of hydrogen-bond acceptors (Lipinski definition) is 3. The number of hydrogen-bond donors (Lipinski definition) is 1. The average Bonchev–Trinajstić information content (AvgIpc) is 2.52. The number of benzene rings is 1. The number of aryl methyl sites for hydroxylation is 2. The molecule has 5 heteroatoms. The van der Waals surface area contributed by atoms with E-state index < -0.39 is 11.7 Å². The Labute approximate surface area is 90.9 Å². The van der Waals surface area contributed by atoms with E-state index in [9.17, 15) is 9.59 Å². The van der Waals surface area contributed by atoms with Crippen molar-refractivity contribution in [1.29, 1.82) is 0 Å². The van der Waals surface area contributed by atoms with E-state index in [1.807, 2.05) is 0 Å². The second-order valence-electron chi connectivity index (χ2n) is 3.62. The molecular formula is C11H11NO4. The number of rotatable bonds is 3. The van der Waals surface area contributed by atoms with E-state index in [2.05, 4.69) is 0 Å². The van der Waals surface area contributed by atoms with Crippen LogP contribution in [0.2, 0.25) is 0 Å². The highest BCUT2D eigenvalue weighted by atomic mass is 16.4. The van der Waals surface area contributed by atoms with E-state index >= 15 is 0 Å². The maximum absolute atomic E-state index is 11.2. The van der Waals surface area contributed by atoms with Gasteiger partial charge in [-0.15, -0.1) is 0 Å². The maximum atomic E-state index is 11.2. The highest BCUT2D eigenvalue weighted by Gasteiger charge is 2.07. The Hall–Kier alpha value is -2.04. The molecule has 0 aliphatic heterocycles. The van der Waals surface area contributed by atoms with Crippen molar-refractivity contribution in [1.82, 2.24) is 4.57 Å². The maximum Gasteiger partial charge on any atom is 0.419 e. The molecule has 2 rings (SSSR count). The summed E-state index contributed by atoms with van der Waals surface area (Å²) in [5, 5.41) is 8.56. The van der Waals surface area contributed by atoms with E-state index in [4.69, 9.17) is 9.52 Å². The number of oxazole rings is 1. The summed E-state index contributed by atoms with van der Waals surface area (Å²) in [6, 6.07) is 5.28. The number of nitrogens with zero attached hydrogens (tertiary/aromatic N) is 1. The lowest BCUT2D eigenvalue weighted by molar-refractivity contribution is -0.136. The molecule has 2 aromatic rings. The Morgan fingerprint density at radius 1 is 1.50 bits per heavy atom. The molecule has 0 radical (unpaired) electrons. The SMILES string of the molecule is Cn1c(=O)oc2cc(CCC(=O)O)ccc21. The van der Waals surface area contributed by atoms with Crippen LogP contribution in [0.1, 0.15) is 12.0 Å². The molecule has 0 aliphatic carbocycles. The zero-order chi connectivity index (χ0) is 11.7. The molecule has 84 valence electrons. The predicted octanol–water partition coefficient (Wildman–Crippen LogP) is 1.15. The van der Waals surface area contributed by atoms with Crippen molar-refractivity contribution in [2.45, 2.75) is 12.8 Å². The van der Waals surface area contributed by atoms with Crippen LogP contribution in [0.15, 0.2) is 27.4 Å². The standard InChI is InChI=1S/C11H11NO4/c1-12-8-4-2-7(3-5-10(13)14)6-9(8)16-11(12)15/h2,4,6H,3,5H2,1H3,(H,13,14). The zero-order valence-electron chi connectivity index (χ0n) is 8.77. The normalized spacial score (nSPS) is 10.8. The molecule has 1 aromatic heterocycles. The molecule has 0 fully saturated rings. The molecule has 0 saturated carbocycles. The summed E-state index contributed by atoms with van der Waals surface area (Å²) in [7, 11) is 1.63. The predicted molar refractivity (Wildman–Crippen MR) is 57.4 cm³/mol. The molecule has 0 unspecified atom stereocenters. The van der Waals surface area contributed by atoms with E-state index in [0.717, 1.165) is 5.56 Å². The summed E-state index contributed by atoms with van der Waals surface area (Å²) in [6.45, 7) is 0. The summed E-state index contributed by atoms with van der Waals surface area (Å²) in [5.41, 5.74) is 2.06. The first-order valence-electron chi connectivity index (χ1n) is 4.88. The van der Waals surface area contributed by atoms with Gasteiger partial charge in [0, 0.05) is 13.5 Å². The monoisotopic (exact) mass is 221 g/mol. The lowest BCUT2D eigenvalue weighted by atomic mass is 10.1. The molecular weight excluding hydrogens is 210 g/mol. The van der Waals surface area contributed by atoms with E-state index in [0.29, 0.717) is 17.5 Å². The average molecular weight is 221 g/mol. The van der Waals surface area contributed by atoms with Crippen LogP contribution in [-0.4, -0.2) is 15.6 Å². The third-order valence-corrected chi connectivity index (χ3v) is 2.48. The van der Waals surface area contributed by atoms with Crippen molar-refractivity contribution < 1.29 is 14.3 Å². The van der Waals surface area contributed by atoms with Crippen LogP contribution in [0.25, 0.3) is 11.1 Å². The van der Waals surface area contributed by atoms with Gasteiger partial charge in [-0.2, -0.15) is 0 Å². The number of carboxylic acids is 1. The molecule has 0 amide bonds. The van der Waals surface area contributed by atoms with Crippen molar-refractivity contribution in [2.24, 2.45) is 7.05 Å². The van der Waals surface area contributed by atoms with E-state index in [-0.39, 0.29) is 6.42 Å². The van der Waals surface area contributed by atoms with Gasteiger partial charge in [0.25, 0.3) is 0 Å². The van der Waals surface area contributed by atoms with Gasteiger partial charge in [0.2, 0.25) is 0 Å². The molecule has 0 atom stereocenters. The fraction of sp³-hybridized carbons (Fsp3) is 0.273. The number of aromatic nitrogens is 1. The molecule has 1 N–H and O–H groups in total. The van der Waals surface area contributed by atoms with E-state index in [1.165, 1.54) is 4.57 Å². The van der Waals surface area contributed by atoms with Crippen LogP contribution in [0, 0.1) is 0 Å². The Kier molecular flexibility index (Phi) is 2.52. The molecule has 0 saturated heterocycles. The molecule has 1 aromatic carbocycles. The minimum absolute atomic E-state index is 0.0720. The lowest BCUT2D eigenvalue weighted by Gasteiger charge is -1.98.